The lowest BCUT2D eigenvalue weighted by molar-refractivity contribution is -0.255. The van der Waals surface area contributed by atoms with Crippen molar-refractivity contribution in [3.63, 3.8) is 0 Å². The number of aromatic carboxylic acids is 1. The van der Waals surface area contributed by atoms with Gasteiger partial charge in [0.15, 0.2) is 5.78 Å². The minimum atomic E-state index is -4.71. The fourth-order valence-corrected chi connectivity index (χ4v) is 3.83. The molecule has 0 radical (unpaired) electrons. The molecule has 3 aromatic carbocycles. The molecule has 0 aliphatic rings. The summed E-state index contributed by atoms with van der Waals surface area (Å²) in [5, 5.41) is 21.1. The van der Waals surface area contributed by atoms with E-state index in [1.54, 1.807) is 61.5 Å². The zero-order valence-electron chi connectivity index (χ0n) is 29.7. The maximum Gasteiger partial charge on any atom is 0.333 e. The van der Waals surface area contributed by atoms with Crippen molar-refractivity contribution in [3.05, 3.63) is 102 Å². The predicted octanol–water partition coefficient (Wildman–Crippen LogP) is 4.75. The Bertz CT molecular complexity index is 1860. The monoisotopic (exact) mass is 739 g/mol. The first kappa shape index (κ1) is 44.3. The van der Waals surface area contributed by atoms with Crippen molar-refractivity contribution in [1.82, 2.24) is 0 Å². The number of hydrogen-bond acceptors (Lipinski definition) is 14. The van der Waals surface area contributed by atoms with E-state index in [4.69, 9.17) is 9.47 Å². The van der Waals surface area contributed by atoms with Gasteiger partial charge in [0.05, 0.1) is 32.5 Å². The van der Waals surface area contributed by atoms with Crippen LogP contribution in [0.15, 0.2) is 95.7 Å². The van der Waals surface area contributed by atoms with E-state index < -0.39 is 46.2 Å². The summed E-state index contributed by atoms with van der Waals surface area (Å²) in [7, 11) is -1.69. The number of nitrogens with one attached hydrogen (secondary N) is 1. The number of Topliss-reactive ketones (excluding diaryl/α,β-unsaturated/α-hetero) is 1. The molecule has 0 heterocycles. The second-order valence-corrected chi connectivity index (χ2v) is 11.6. The molecule has 0 fully saturated rings. The van der Waals surface area contributed by atoms with Gasteiger partial charge >= 0.3 is 5.97 Å². The lowest BCUT2D eigenvalue weighted by atomic mass is 9.97. The van der Waals surface area contributed by atoms with Gasteiger partial charge in [0.1, 0.15) is 23.8 Å². The number of ether oxygens (including phenoxy) is 3. The molecule has 52 heavy (non-hydrogen) atoms. The number of rotatable bonds is 15. The molecule has 3 aromatic rings. The molecule has 0 aliphatic heterocycles. The number of benzene rings is 3. The van der Waals surface area contributed by atoms with E-state index in [1.807, 2.05) is 13.0 Å². The van der Waals surface area contributed by atoms with Gasteiger partial charge in [0, 0.05) is 5.57 Å². The summed E-state index contributed by atoms with van der Waals surface area (Å²) in [6.45, 7) is 12.5. The number of carbonyl (C=O) groups is 4. The largest absolute Gasteiger partial charge is 0.726 e. The third-order valence-electron chi connectivity index (χ3n) is 6.82. The van der Waals surface area contributed by atoms with Crippen molar-refractivity contribution in [2.24, 2.45) is 10.2 Å². The second kappa shape index (κ2) is 21.5. The molecule has 0 bridgehead atoms. The molecule has 1 atom stereocenters. The Kier molecular flexibility index (Phi) is 18.3. The van der Waals surface area contributed by atoms with E-state index >= 15 is 0 Å². The van der Waals surface area contributed by atoms with Crippen LogP contribution in [0.2, 0.25) is 0 Å². The number of esters is 1. The highest BCUT2D eigenvalue weighted by Crippen LogP contribution is 2.31. The summed E-state index contributed by atoms with van der Waals surface area (Å²) in [5.74, 6) is -1.83. The van der Waals surface area contributed by atoms with E-state index in [1.165, 1.54) is 40.2 Å². The molecule has 0 aliphatic carbocycles. The van der Waals surface area contributed by atoms with E-state index in [2.05, 4.69) is 37.6 Å². The summed E-state index contributed by atoms with van der Waals surface area (Å²) >= 11 is 0. The van der Waals surface area contributed by atoms with E-state index in [9.17, 15) is 37.3 Å². The van der Waals surface area contributed by atoms with Crippen LogP contribution in [0.5, 0.6) is 11.5 Å². The summed E-state index contributed by atoms with van der Waals surface area (Å²) in [5.41, 5.74) is 1.53. The molecule has 280 valence electrons. The van der Waals surface area contributed by atoms with Gasteiger partial charge < -0.3 is 34.0 Å². The minimum Gasteiger partial charge on any atom is -0.726 e. The Morgan fingerprint density at radius 3 is 2.10 bits per heavy atom. The highest BCUT2D eigenvalue weighted by molar-refractivity contribution is 7.80. The lowest BCUT2D eigenvalue weighted by Gasteiger charge is -2.20. The number of azo groups is 1. The quantitative estimate of drug-likeness (QED) is 0.0424. The van der Waals surface area contributed by atoms with E-state index in [-0.39, 0.29) is 17.7 Å². The van der Waals surface area contributed by atoms with Crippen LogP contribution in [-0.2, 0) is 33.7 Å². The average molecular weight is 740 g/mol. The van der Waals surface area contributed by atoms with Gasteiger partial charge in [-0.25, -0.2) is 13.2 Å². The molecule has 3 rings (SSSR count). The van der Waals surface area contributed by atoms with Gasteiger partial charge in [0.25, 0.3) is 5.91 Å². The molecule has 1 N–H and O–H groups in total. The van der Waals surface area contributed by atoms with Crippen molar-refractivity contribution in [2.45, 2.75) is 39.7 Å². The SMILES string of the molecule is C=C(CC)C(=O)OCCOS(=O)(=O)[O-].C=Cc1ccc(C(=O)[O-])cc1.COc1cc(C)ccc1N=NC(C)(C(C)=O)C(=O)Nc1ccccc1OC. The topological polar surface area (TPSA) is 222 Å². The van der Waals surface area contributed by atoms with Crippen LogP contribution >= 0.6 is 0 Å². The zero-order valence-corrected chi connectivity index (χ0v) is 30.5. The lowest BCUT2D eigenvalue weighted by Crippen LogP contribution is -2.44. The third kappa shape index (κ3) is 15.0. The molecular formula is C36H41N3O12S-2. The molecule has 16 heteroatoms. The van der Waals surface area contributed by atoms with Crippen molar-refractivity contribution >= 4 is 51.5 Å². The van der Waals surface area contributed by atoms with Crippen LogP contribution in [0.3, 0.4) is 0 Å². The minimum absolute atomic E-state index is 0.190. The van der Waals surface area contributed by atoms with Gasteiger partial charge in [-0.3, -0.25) is 13.8 Å². The highest BCUT2D eigenvalue weighted by atomic mass is 32.3. The van der Waals surface area contributed by atoms with Crippen LogP contribution in [0.1, 0.15) is 48.7 Å². The summed E-state index contributed by atoms with van der Waals surface area (Å²) < 4.78 is 48.6. The Hall–Kier alpha value is -5.71. The number of ketones is 1. The number of carbonyl (C=O) groups excluding carboxylic acids is 4. The van der Waals surface area contributed by atoms with Crippen LogP contribution in [0.25, 0.3) is 6.08 Å². The summed E-state index contributed by atoms with van der Waals surface area (Å²) in [6.07, 6.45) is 2.10. The van der Waals surface area contributed by atoms with Gasteiger partial charge in [-0.1, -0.05) is 68.6 Å². The molecule has 1 amide bonds. The molecule has 0 saturated heterocycles. The van der Waals surface area contributed by atoms with E-state index in [0.717, 1.165) is 11.1 Å². The number of carboxylic acids is 1. The van der Waals surface area contributed by atoms with E-state index in [0.29, 0.717) is 29.3 Å². The van der Waals surface area contributed by atoms with Crippen molar-refractivity contribution in [2.75, 3.05) is 32.8 Å². The summed E-state index contributed by atoms with van der Waals surface area (Å²) in [6, 6.07) is 18.6. The first-order valence-electron chi connectivity index (χ1n) is 15.3. The van der Waals surface area contributed by atoms with Crippen molar-refractivity contribution in [3.8, 4) is 11.5 Å². The van der Waals surface area contributed by atoms with Crippen LogP contribution in [0, 0.1) is 6.92 Å². The van der Waals surface area contributed by atoms with Gasteiger partial charge in [0.2, 0.25) is 15.9 Å². The molecule has 15 nitrogen and oxygen atoms in total. The maximum atomic E-state index is 12.8. The number of methoxy groups -OCH3 is 2. The zero-order chi connectivity index (χ0) is 39.5. The molecule has 0 spiro atoms. The van der Waals surface area contributed by atoms with Crippen molar-refractivity contribution < 1.29 is 55.6 Å². The average Bonchev–Trinajstić information content (AvgIpc) is 3.12. The Morgan fingerprint density at radius 1 is 0.962 bits per heavy atom. The number of anilines is 1. The number of nitrogens with zero attached hydrogens (tertiary/aromatic N) is 2. The standard InChI is InChI=1S/C20H23N3O4.C9H8O2.C7H12O6S/c1-13-10-11-16(18(12-13)27-5)22-23-20(3,14(2)24)19(25)21-15-8-6-7-9-17(15)26-4;1-2-7-3-5-8(6-4-7)9(10)11;1-3-6(2)7(8)12-4-5-13-14(9,10)11/h6-12H,1-5H3,(H,21,25);2-6H,1H2,(H,10,11);2-5H2,1H3,(H,9,10,11)/p-2. The third-order valence-corrected chi connectivity index (χ3v) is 7.27. The van der Waals surface area contributed by atoms with Crippen molar-refractivity contribution in [1.29, 1.82) is 0 Å². The first-order valence-corrected chi connectivity index (χ1v) is 16.7. The number of aryl methyl sites for hydroxylation is 1. The van der Waals surface area contributed by atoms with Gasteiger partial charge in [-0.2, -0.15) is 10.2 Å². The fourth-order valence-electron chi connectivity index (χ4n) is 3.56. The summed E-state index contributed by atoms with van der Waals surface area (Å²) in [4.78, 5) is 46.2. The maximum absolute atomic E-state index is 12.8. The molecular weight excluding hydrogens is 698 g/mol. The number of para-hydroxylation sites is 2. The Morgan fingerprint density at radius 2 is 1.58 bits per heavy atom. The van der Waals surface area contributed by atoms with Gasteiger partial charge in [-0.15, -0.1) is 0 Å². The second-order valence-electron chi connectivity index (χ2n) is 10.6. The van der Waals surface area contributed by atoms with Crippen LogP contribution in [0.4, 0.5) is 11.4 Å². The highest BCUT2D eigenvalue weighted by Gasteiger charge is 2.39. The number of amides is 1. The van der Waals surface area contributed by atoms with Gasteiger partial charge in [-0.05, 0) is 68.1 Å². The Labute approximate surface area is 302 Å². The number of carboxylic acid groups (broad SMARTS) is 1. The number of hydrogen-bond donors (Lipinski definition) is 1. The molecule has 1 unspecified atom stereocenters. The first-order chi connectivity index (χ1) is 24.4. The smallest absolute Gasteiger partial charge is 0.333 e. The molecule has 0 aromatic heterocycles. The Balaban J connectivity index is 0.000000450. The predicted molar refractivity (Wildman–Crippen MR) is 190 cm³/mol. The van der Waals surface area contributed by atoms with Crippen LogP contribution < -0.4 is 19.9 Å². The van der Waals surface area contributed by atoms with Crippen LogP contribution in [-0.4, -0.2) is 69.6 Å². The normalized spacial score (nSPS) is 11.7. The fraction of sp³-hybridized carbons (Fsp3) is 0.278. The molecule has 0 saturated carbocycles.